The first-order chi connectivity index (χ1) is 10.1. The highest BCUT2D eigenvalue weighted by Gasteiger charge is 2.09. The zero-order chi connectivity index (χ0) is 15.5. The van der Waals surface area contributed by atoms with E-state index in [1.54, 1.807) is 7.11 Å². The van der Waals surface area contributed by atoms with Crippen molar-refractivity contribution < 1.29 is 28.8 Å². The average molecular weight is 299 g/mol. The van der Waals surface area contributed by atoms with E-state index in [4.69, 9.17) is 24.7 Å². The van der Waals surface area contributed by atoms with Crippen LogP contribution in [0.1, 0.15) is 10.4 Å². The molecule has 0 aliphatic rings. The van der Waals surface area contributed by atoms with Gasteiger partial charge < -0.3 is 29.8 Å². The molecule has 0 aliphatic carbocycles. The summed E-state index contributed by atoms with van der Waals surface area (Å²) in [5.41, 5.74) is 5.90. The third-order valence-electron chi connectivity index (χ3n) is 2.53. The quantitative estimate of drug-likeness (QED) is 0.285. The molecule has 0 saturated heterocycles. The van der Waals surface area contributed by atoms with Crippen molar-refractivity contribution in [2.45, 2.75) is 0 Å². The smallest absolute Gasteiger partial charge is 0.338 e. The van der Waals surface area contributed by atoms with Crippen LogP contribution < -0.4 is 5.73 Å². The molecule has 0 bridgehead atoms. The molecule has 0 atom stereocenters. The zero-order valence-electron chi connectivity index (χ0n) is 12.0. The number of nitrogens with two attached hydrogens (primary N) is 1. The second-order valence-electron chi connectivity index (χ2n) is 4.13. The Morgan fingerprint density at radius 2 is 1.71 bits per heavy atom. The van der Waals surface area contributed by atoms with Crippen molar-refractivity contribution >= 4 is 11.7 Å². The van der Waals surface area contributed by atoms with Crippen LogP contribution in [0.25, 0.3) is 0 Å². The van der Waals surface area contributed by atoms with Crippen molar-refractivity contribution in [3.8, 4) is 5.75 Å². The van der Waals surface area contributed by atoms with Gasteiger partial charge in [-0.05, 0) is 18.2 Å². The van der Waals surface area contributed by atoms with Gasteiger partial charge in [0, 0.05) is 7.11 Å². The van der Waals surface area contributed by atoms with Crippen molar-refractivity contribution in [3.05, 3.63) is 23.8 Å². The van der Waals surface area contributed by atoms with Crippen LogP contribution in [0.5, 0.6) is 5.75 Å². The number of hydrogen-bond donors (Lipinski definition) is 2. The van der Waals surface area contributed by atoms with Crippen molar-refractivity contribution in [1.82, 2.24) is 0 Å². The maximum absolute atomic E-state index is 11.6. The number of aromatic hydroxyl groups is 1. The van der Waals surface area contributed by atoms with E-state index in [1.807, 2.05) is 0 Å². The molecule has 0 fully saturated rings. The molecule has 7 heteroatoms. The predicted octanol–water partition coefficient (Wildman–Crippen LogP) is 0.811. The first-order valence-electron chi connectivity index (χ1n) is 6.55. The Labute approximate surface area is 123 Å². The number of methoxy groups -OCH3 is 1. The van der Waals surface area contributed by atoms with Crippen LogP contribution in [0.4, 0.5) is 5.69 Å². The maximum atomic E-state index is 11.6. The van der Waals surface area contributed by atoms with Gasteiger partial charge in [-0.25, -0.2) is 4.79 Å². The summed E-state index contributed by atoms with van der Waals surface area (Å²) in [4.78, 5) is 11.6. The molecule has 1 rings (SSSR count). The van der Waals surface area contributed by atoms with Gasteiger partial charge >= 0.3 is 5.97 Å². The van der Waals surface area contributed by atoms with E-state index < -0.39 is 5.97 Å². The monoisotopic (exact) mass is 299 g/mol. The minimum Gasteiger partial charge on any atom is -0.506 e. The summed E-state index contributed by atoms with van der Waals surface area (Å²) >= 11 is 0. The fourth-order valence-corrected chi connectivity index (χ4v) is 1.41. The number of nitrogen functional groups attached to an aromatic ring is 1. The first kappa shape index (κ1) is 17.2. The number of phenols is 1. The molecule has 0 aromatic heterocycles. The number of anilines is 1. The Morgan fingerprint density at radius 1 is 1.10 bits per heavy atom. The fraction of sp³-hybridized carbons (Fsp3) is 0.500. The molecule has 0 saturated carbocycles. The lowest BCUT2D eigenvalue weighted by Crippen LogP contribution is -2.13. The highest BCUT2D eigenvalue weighted by Crippen LogP contribution is 2.20. The Morgan fingerprint density at radius 3 is 2.33 bits per heavy atom. The van der Waals surface area contributed by atoms with Crippen LogP contribution in [0.2, 0.25) is 0 Å². The van der Waals surface area contributed by atoms with Crippen LogP contribution in [0.3, 0.4) is 0 Å². The Balaban J connectivity index is 2.09. The van der Waals surface area contributed by atoms with E-state index in [0.29, 0.717) is 26.4 Å². The van der Waals surface area contributed by atoms with Gasteiger partial charge in [0.2, 0.25) is 0 Å². The minimum atomic E-state index is -0.537. The third kappa shape index (κ3) is 6.94. The summed E-state index contributed by atoms with van der Waals surface area (Å²) < 4.78 is 20.2. The molecule has 0 heterocycles. The lowest BCUT2D eigenvalue weighted by molar-refractivity contribution is 0.00569. The second-order valence-corrected chi connectivity index (χ2v) is 4.13. The molecule has 0 unspecified atom stereocenters. The van der Waals surface area contributed by atoms with Crippen LogP contribution in [-0.4, -0.2) is 57.8 Å². The fourth-order valence-electron chi connectivity index (χ4n) is 1.41. The number of ether oxygens (including phenoxy) is 4. The van der Waals surface area contributed by atoms with Crippen LogP contribution in [-0.2, 0) is 18.9 Å². The summed E-state index contributed by atoms with van der Waals surface area (Å²) in [6.45, 7) is 2.36. The third-order valence-corrected chi connectivity index (χ3v) is 2.53. The second kappa shape index (κ2) is 9.98. The first-order valence-corrected chi connectivity index (χ1v) is 6.55. The molecule has 1 aromatic carbocycles. The molecule has 118 valence electrons. The van der Waals surface area contributed by atoms with E-state index in [9.17, 15) is 9.90 Å². The van der Waals surface area contributed by atoms with Gasteiger partial charge in [0.05, 0.1) is 44.3 Å². The number of benzene rings is 1. The summed E-state index contributed by atoms with van der Waals surface area (Å²) in [5, 5.41) is 9.40. The Hall–Kier alpha value is -1.83. The predicted molar refractivity (Wildman–Crippen MR) is 76.3 cm³/mol. The van der Waals surface area contributed by atoms with Crippen molar-refractivity contribution in [3.63, 3.8) is 0 Å². The molecule has 21 heavy (non-hydrogen) atoms. The van der Waals surface area contributed by atoms with E-state index in [-0.39, 0.29) is 30.2 Å². The van der Waals surface area contributed by atoms with Gasteiger partial charge in [-0.3, -0.25) is 0 Å². The molecule has 7 nitrogen and oxygen atoms in total. The van der Waals surface area contributed by atoms with E-state index in [0.717, 1.165) is 0 Å². The Bertz CT molecular complexity index is 437. The highest BCUT2D eigenvalue weighted by molar-refractivity contribution is 5.90. The molecule has 0 amide bonds. The van der Waals surface area contributed by atoms with E-state index in [2.05, 4.69) is 0 Å². The number of carbonyl (C=O) groups is 1. The van der Waals surface area contributed by atoms with Crippen LogP contribution in [0.15, 0.2) is 18.2 Å². The maximum Gasteiger partial charge on any atom is 0.338 e. The molecular weight excluding hydrogens is 278 g/mol. The van der Waals surface area contributed by atoms with Crippen molar-refractivity contribution in [2.75, 3.05) is 52.5 Å². The molecular formula is C14H21NO6. The van der Waals surface area contributed by atoms with Gasteiger partial charge in [-0.1, -0.05) is 0 Å². The molecule has 0 radical (unpaired) electrons. The SMILES string of the molecule is COCCOCCOCCOC(=O)c1ccc(N)c(O)c1. The van der Waals surface area contributed by atoms with Gasteiger partial charge in [0.25, 0.3) is 0 Å². The summed E-state index contributed by atoms with van der Waals surface area (Å²) in [6, 6.07) is 4.20. The average Bonchev–Trinajstić information content (AvgIpc) is 2.48. The number of carbonyl (C=O) groups excluding carboxylic acids is 1. The van der Waals surface area contributed by atoms with Crippen molar-refractivity contribution in [2.24, 2.45) is 0 Å². The zero-order valence-corrected chi connectivity index (χ0v) is 12.0. The summed E-state index contributed by atoms with van der Waals surface area (Å²) in [6.07, 6.45) is 0. The van der Waals surface area contributed by atoms with E-state index in [1.165, 1.54) is 18.2 Å². The standard InChI is InChI=1S/C14H21NO6/c1-18-4-5-19-6-7-20-8-9-21-14(17)11-2-3-12(15)13(16)10-11/h2-3,10,16H,4-9,15H2,1H3. The Kier molecular flexibility index (Phi) is 8.18. The number of hydrogen-bond acceptors (Lipinski definition) is 7. The van der Waals surface area contributed by atoms with Crippen LogP contribution in [0, 0.1) is 0 Å². The van der Waals surface area contributed by atoms with Crippen LogP contribution >= 0.6 is 0 Å². The van der Waals surface area contributed by atoms with E-state index >= 15 is 0 Å². The van der Waals surface area contributed by atoms with Gasteiger partial charge in [-0.2, -0.15) is 0 Å². The van der Waals surface area contributed by atoms with Crippen molar-refractivity contribution in [1.29, 1.82) is 0 Å². The number of esters is 1. The van der Waals surface area contributed by atoms with Gasteiger partial charge in [0.15, 0.2) is 0 Å². The normalized spacial score (nSPS) is 10.5. The summed E-state index contributed by atoms with van der Waals surface area (Å²) in [5.74, 6) is -0.681. The van der Waals surface area contributed by atoms with Gasteiger partial charge in [0.1, 0.15) is 12.4 Å². The molecule has 3 N–H and O–H groups in total. The largest absolute Gasteiger partial charge is 0.506 e. The lowest BCUT2D eigenvalue weighted by atomic mass is 10.2. The molecule has 0 spiro atoms. The number of phenolic OH excluding ortho intramolecular Hbond substituents is 1. The minimum absolute atomic E-state index is 0.127. The molecule has 0 aliphatic heterocycles. The number of rotatable bonds is 10. The van der Waals surface area contributed by atoms with Gasteiger partial charge in [-0.15, -0.1) is 0 Å². The molecule has 1 aromatic rings. The topological polar surface area (TPSA) is 100 Å². The lowest BCUT2D eigenvalue weighted by Gasteiger charge is -2.07. The highest BCUT2D eigenvalue weighted by atomic mass is 16.6. The summed E-state index contributed by atoms with van der Waals surface area (Å²) in [7, 11) is 1.61.